The van der Waals surface area contributed by atoms with Crippen molar-refractivity contribution in [3.63, 3.8) is 0 Å². The molecule has 1 saturated heterocycles. The number of hydrogen-bond donors (Lipinski definition) is 3. The second-order valence-corrected chi connectivity index (χ2v) is 6.26. The van der Waals surface area contributed by atoms with Gasteiger partial charge in [-0.3, -0.25) is 0 Å². The minimum atomic E-state index is -1.06. The first-order chi connectivity index (χ1) is 11.2. The van der Waals surface area contributed by atoms with E-state index in [1.165, 1.54) is 38.5 Å². The van der Waals surface area contributed by atoms with Crippen molar-refractivity contribution in [2.75, 3.05) is 19.8 Å². The summed E-state index contributed by atoms with van der Waals surface area (Å²) in [6.07, 6.45) is 11.0. The number of rotatable bonds is 13. The summed E-state index contributed by atoms with van der Waals surface area (Å²) in [5.74, 6) is 0. The highest BCUT2D eigenvalue weighted by molar-refractivity contribution is 4.89. The van der Waals surface area contributed by atoms with Crippen molar-refractivity contribution in [1.29, 1.82) is 0 Å². The van der Waals surface area contributed by atoms with Crippen LogP contribution in [0.2, 0.25) is 0 Å². The zero-order valence-electron chi connectivity index (χ0n) is 14.4. The molecule has 4 atom stereocenters. The molecule has 0 saturated carbocycles. The van der Waals surface area contributed by atoms with Crippen LogP contribution in [0, 0.1) is 0 Å². The molecule has 0 unspecified atom stereocenters. The van der Waals surface area contributed by atoms with Crippen LogP contribution < -0.4 is 0 Å². The van der Waals surface area contributed by atoms with Gasteiger partial charge in [-0.25, -0.2) is 0 Å². The van der Waals surface area contributed by atoms with Crippen LogP contribution >= 0.6 is 0 Å². The van der Waals surface area contributed by atoms with Crippen molar-refractivity contribution < 1.29 is 24.8 Å². The summed E-state index contributed by atoms with van der Waals surface area (Å²) < 4.78 is 10.9. The van der Waals surface area contributed by atoms with Crippen LogP contribution in [0.5, 0.6) is 0 Å². The largest absolute Gasteiger partial charge is 0.394 e. The van der Waals surface area contributed by atoms with Crippen molar-refractivity contribution in [3.05, 3.63) is 12.2 Å². The van der Waals surface area contributed by atoms with Crippen LogP contribution in [-0.4, -0.2) is 59.6 Å². The average Bonchev–Trinajstić information content (AvgIpc) is 2.93. The Labute approximate surface area is 140 Å². The topological polar surface area (TPSA) is 79.2 Å². The first-order valence-corrected chi connectivity index (χ1v) is 9.05. The Kier molecular flexibility index (Phi) is 11.5. The third kappa shape index (κ3) is 8.27. The Bertz CT molecular complexity index is 308. The molecule has 5 heteroatoms. The Morgan fingerprint density at radius 3 is 2.57 bits per heavy atom. The van der Waals surface area contributed by atoms with Crippen molar-refractivity contribution in [2.45, 2.75) is 82.7 Å². The molecule has 0 aromatic carbocycles. The van der Waals surface area contributed by atoms with Crippen molar-refractivity contribution >= 4 is 0 Å². The maximum atomic E-state index is 9.97. The van der Waals surface area contributed by atoms with E-state index in [9.17, 15) is 10.2 Å². The lowest BCUT2D eigenvalue weighted by molar-refractivity contribution is -0.0726. The van der Waals surface area contributed by atoms with Gasteiger partial charge in [0.05, 0.1) is 19.8 Å². The number of allylic oxidation sites excluding steroid dienone is 1. The van der Waals surface area contributed by atoms with Gasteiger partial charge in [0.15, 0.2) is 0 Å². The van der Waals surface area contributed by atoms with Gasteiger partial charge in [0.1, 0.15) is 24.4 Å². The number of ether oxygens (including phenoxy) is 2. The number of unbranched alkanes of at least 4 members (excludes halogenated alkanes) is 6. The first kappa shape index (κ1) is 20.6. The molecule has 136 valence electrons. The minimum absolute atomic E-state index is 0.254. The summed E-state index contributed by atoms with van der Waals surface area (Å²) in [6.45, 7) is 2.59. The molecule has 23 heavy (non-hydrogen) atoms. The molecular formula is C18H34O5. The molecule has 0 radical (unpaired) electrons. The smallest absolute Gasteiger partial charge is 0.114 e. The highest BCUT2D eigenvalue weighted by atomic mass is 16.6. The van der Waals surface area contributed by atoms with Gasteiger partial charge in [-0.05, 0) is 19.3 Å². The van der Waals surface area contributed by atoms with Gasteiger partial charge < -0.3 is 24.8 Å². The molecule has 0 amide bonds. The highest BCUT2D eigenvalue weighted by Crippen LogP contribution is 2.20. The van der Waals surface area contributed by atoms with Gasteiger partial charge in [-0.2, -0.15) is 0 Å². The third-order valence-corrected chi connectivity index (χ3v) is 4.24. The Morgan fingerprint density at radius 2 is 1.83 bits per heavy atom. The predicted octanol–water partition coefficient (Wildman–Crippen LogP) is 2.18. The second-order valence-electron chi connectivity index (χ2n) is 6.26. The van der Waals surface area contributed by atoms with Gasteiger partial charge in [-0.15, -0.1) is 0 Å². The van der Waals surface area contributed by atoms with Gasteiger partial charge in [0.25, 0.3) is 0 Å². The molecule has 3 N–H and O–H groups in total. The molecule has 0 aromatic rings. The van der Waals surface area contributed by atoms with E-state index in [1.54, 1.807) is 0 Å². The summed E-state index contributed by atoms with van der Waals surface area (Å²) >= 11 is 0. The molecule has 1 heterocycles. The summed E-state index contributed by atoms with van der Waals surface area (Å²) in [5, 5.41) is 28.4. The lowest BCUT2D eigenvalue weighted by Gasteiger charge is -2.20. The van der Waals surface area contributed by atoms with E-state index >= 15 is 0 Å². The summed E-state index contributed by atoms with van der Waals surface area (Å²) in [6, 6.07) is 0. The van der Waals surface area contributed by atoms with Crippen LogP contribution in [0.4, 0.5) is 0 Å². The Hall–Kier alpha value is -0.460. The molecule has 0 bridgehead atoms. The van der Waals surface area contributed by atoms with Crippen molar-refractivity contribution in [1.82, 2.24) is 0 Å². The van der Waals surface area contributed by atoms with Gasteiger partial charge in [0, 0.05) is 0 Å². The normalized spacial score (nSPS) is 26.2. The summed E-state index contributed by atoms with van der Waals surface area (Å²) in [7, 11) is 0. The quantitative estimate of drug-likeness (QED) is 0.356. The van der Waals surface area contributed by atoms with E-state index in [1.807, 2.05) is 0 Å². The van der Waals surface area contributed by atoms with E-state index in [0.29, 0.717) is 6.61 Å². The highest BCUT2D eigenvalue weighted by Gasteiger charge is 2.40. The van der Waals surface area contributed by atoms with Gasteiger partial charge >= 0.3 is 0 Å². The van der Waals surface area contributed by atoms with Crippen LogP contribution in [0.25, 0.3) is 0 Å². The maximum absolute atomic E-state index is 9.97. The summed E-state index contributed by atoms with van der Waals surface area (Å²) in [4.78, 5) is 0. The van der Waals surface area contributed by atoms with E-state index in [-0.39, 0.29) is 6.61 Å². The van der Waals surface area contributed by atoms with Gasteiger partial charge in [0.2, 0.25) is 0 Å². The Morgan fingerprint density at radius 1 is 1.13 bits per heavy atom. The van der Waals surface area contributed by atoms with Crippen LogP contribution in [0.1, 0.15) is 58.3 Å². The molecule has 1 aliphatic rings. The van der Waals surface area contributed by atoms with Crippen molar-refractivity contribution in [2.24, 2.45) is 0 Å². The van der Waals surface area contributed by atoms with E-state index in [0.717, 1.165) is 12.8 Å². The molecule has 0 aliphatic carbocycles. The molecule has 0 spiro atoms. The average molecular weight is 330 g/mol. The maximum Gasteiger partial charge on any atom is 0.114 e. The fraction of sp³-hybridized carbons (Fsp3) is 0.889. The van der Waals surface area contributed by atoms with Crippen LogP contribution in [-0.2, 0) is 9.47 Å². The molecule has 1 rings (SSSR count). The lowest BCUT2D eigenvalue weighted by Crippen LogP contribution is -2.41. The monoisotopic (exact) mass is 330 g/mol. The number of aliphatic hydroxyl groups excluding tert-OH is 3. The molecule has 1 fully saturated rings. The molecule has 0 aromatic heterocycles. The molecule has 5 nitrogen and oxygen atoms in total. The number of hydrogen-bond acceptors (Lipinski definition) is 5. The van der Waals surface area contributed by atoms with Crippen LogP contribution in [0.15, 0.2) is 12.2 Å². The van der Waals surface area contributed by atoms with E-state index in [4.69, 9.17) is 14.6 Å². The second kappa shape index (κ2) is 12.9. The SMILES string of the molecule is CCCCCCCC/C=C/CCO[C@@H]1CO[C@@H]([C@@H](O)CO)[C@H]1O. The van der Waals surface area contributed by atoms with Crippen LogP contribution in [0.3, 0.4) is 0 Å². The standard InChI is InChI=1S/C18H34O5/c1-2-3-4-5-6-7-8-9-10-11-12-22-16-14-23-18(17(16)21)15(20)13-19/h9-10,15-21H,2-8,11-14H2,1H3/b10-9+/t15-,16+,17-,18-/m0/s1. The fourth-order valence-corrected chi connectivity index (χ4v) is 2.77. The van der Waals surface area contributed by atoms with Crippen molar-refractivity contribution in [3.8, 4) is 0 Å². The molecule has 1 aliphatic heterocycles. The summed E-state index contributed by atoms with van der Waals surface area (Å²) in [5.41, 5.74) is 0. The predicted molar refractivity (Wildman–Crippen MR) is 90.3 cm³/mol. The van der Waals surface area contributed by atoms with Gasteiger partial charge in [-0.1, -0.05) is 51.2 Å². The van der Waals surface area contributed by atoms with E-state index in [2.05, 4.69) is 19.1 Å². The number of aliphatic hydroxyl groups is 3. The van der Waals surface area contributed by atoms with E-state index < -0.39 is 31.0 Å². The zero-order valence-corrected chi connectivity index (χ0v) is 14.4. The third-order valence-electron chi connectivity index (χ3n) is 4.24. The fourth-order valence-electron chi connectivity index (χ4n) is 2.77. The Balaban J connectivity index is 1.99. The first-order valence-electron chi connectivity index (χ1n) is 9.05. The zero-order chi connectivity index (χ0) is 16.9. The molecular weight excluding hydrogens is 296 g/mol. The minimum Gasteiger partial charge on any atom is -0.394 e. The lowest BCUT2D eigenvalue weighted by atomic mass is 10.1.